The number of nitrogens with two attached hydrogens (primary N) is 1. The molecule has 0 aromatic carbocycles. The van der Waals surface area contributed by atoms with Gasteiger partial charge in [-0.25, -0.2) is 4.98 Å². The molecule has 0 bridgehead atoms. The minimum Gasteiger partial charge on any atom is -0.481 e. The molecule has 72 valence electrons. The van der Waals surface area contributed by atoms with Gasteiger partial charge < -0.3 is 15.4 Å². The normalized spacial score (nSPS) is 11.5. The lowest BCUT2D eigenvalue weighted by Gasteiger charge is -2.23. The predicted molar refractivity (Wildman–Crippen MR) is 48.2 cm³/mol. The predicted octanol–water partition coefficient (Wildman–Crippen LogP) is 0.675. The quantitative estimate of drug-likeness (QED) is 0.721. The lowest BCUT2D eigenvalue weighted by molar-refractivity contribution is -0.138. The monoisotopic (exact) mass is 183 g/mol. The van der Waals surface area contributed by atoms with Crippen molar-refractivity contribution in [2.45, 2.75) is 25.8 Å². The van der Waals surface area contributed by atoms with E-state index in [4.69, 9.17) is 10.8 Å². The number of carboxylic acids is 1. The van der Waals surface area contributed by atoms with Crippen molar-refractivity contribution < 1.29 is 9.90 Å². The first-order valence-corrected chi connectivity index (χ1v) is 3.93. The largest absolute Gasteiger partial charge is 0.481 e. The van der Waals surface area contributed by atoms with E-state index in [1.54, 1.807) is 10.8 Å². The molecule has 0 radical (unpaired) electrons. The summed E-state index contributed by atoms with van der Waals surface area (Å²) in [4.78, 5) is 14.4. The lowest BCUT2D eigenvalue weighted by atomic mass is 10.0. The SMILES string of the molecule is CC(C)(CC(=O)O)n1cnc(N)c1. The molecule has 1 heterocycles. The molecule has 0 aliphatic heterocycles. The Balaban J connectivity index is 2.86. The second kappa shape index (κ2) is 3.08. The molecule has 0 spiro atoms. The van der Waals surface area contributed by atoms with E-state index >= 15 is 0 Å². The highest BCUT2D eigenvalue weighted by Gasteiger charge is 2.23. The molecule has 0 saturated heterocycles. The summed E-state index contributed by atoms with van der Waals surface area (Å²) in [6, 6.07) is 0. The van der Waals surface area contributed by atoms with Gasteiger partial charge in [0.2, 0.25) is 0 Å². The van der Waals surface area contributed by atoms with Crippen molar-refractivity contribution in [1.82, 2.24) is 9.55 Å². The number of aliphatic carboxylic acids is 1. The number of rotatable bonds is 3. The van der Waals surface area contributed by atoms with Crippen molar-refractivity contribution in [2.75, 3.05) is 5.73 Å². The van der Waals surface area contributed by atoms with E-state index in [9.17, 15) is 4.79 Å². The van der Waals surface area contributed by atoms with Gasteiger partial charge in [-0.1, -0.05) is 0 Å². The van der Waals surface area contributed by atoms with Crippen LogP contribution in [-0.4, -0.2) is 20.6 Å². The number of imidazole rings is 1. The highest BCUT2D eigenvalue weighted by atomic mass is 16.4. The second-order valence-electron chi connectivity index (χ2n) is 3.59. The highest BCUT2D eigenvalue weighted by Crippen LogP contribution is 2.20. The summed E-state index contributed by atoms with van der Waals surface area (Å²) < 4.78 is 1.70. The van der Waals surface area contributed by atoms with Gasteiger partial charge in [0.1, 0.15) is 5.82 Å². The van der Waals surface area contributed by atoms with Gasteiger partial charge in [0.05, 0.1) is 18.3 Å². The van der Waals surface area contributed by atoms with Crippen molar-refractivity contribution in [3.63, 3.8) is 0 Å². The zero-order chi connectivity index (χ0) is 10.1. The van der Waals surface area contributed by atoms with Crippen LogP contribution >= 0.6 is 0 Å². The third kappa shape index (κ3) is 2.21. The topological polar surface area (TPSA) is 81.1 Å². The number of carboxylic acid groups (broad SMARTS) is 1. The summed E-state index contributed by atoms with van der Waals surface area (Å²) in [5.74, 6) is -0.435. The van der Waals surface area contributed by atoms with Crippen LogP contribution in [0.4, 0.5) is 5.82 Å². The molecular weight excluding hydrogens is 170 g/mol. The maximum absolute atomic E-state index is 10.5. The number of hydrogen-bond acceptors (Lipinski definition) is 3. The summed E-state index contributed by atoms with van der Waals surface area (Å²) >= 11 is 0. The smallest absolute Gasteiger partial charge is 0.305 e. The third-order valence-electron chi connectivity index (χ3n) is 1.89. The maximum atomic E-state index is 10.5. The average Bonchev–Trinajstić information content (AvgIpc) is 2.32. The standard InChI is InChI=1S/C8H13N3O2/c1-8(2,3-7(12)13)11-4-6(9)10-5-11/h4-5H,3,9H2,1-2H3,(H,12,13). The minimum absolute atomic E-state index is 0.0444. The van der Waals surface area contributed by atoms with E-state index < -0.39 is 11.5 Å². The van der Waals surface area contributed by atoms with E-state index in [1.807, 2.05) is 13.8 Å². The summed E-state index contributed by atoms with van der Waals surface area (Å²) in [7, 11) is 0. The van der Waals surface area contributed by atoms with Crippen molar-refractivity contribution in [3.05, 3.63) is 12.5 Å². The van der Waals surface area contributed by atoms with Gasteiger partial charge in [-0.05, 0) is 13.8 Å². The van der Waals surface area contributed by atoms with Gasteiger partial charge in [-0.2, -0.15) is 0 Å². The summed E-state index contributed by atoms with van der Waals surface area (Å²) in [6.07, 6.45) is 3.21. The second-order valence-corrected chi connectivity index (χ2v) is 3.59. The molecule has 0 aliphatic rings. The average molecular weight is 183 g/mol. The maximum Gasteiger partial charge on any atom is 0.305 e. The van der Waals surface area contributed by atoms with Crippen LogP contribution in [0.2, 0.25) is 0 Å². The molecule has 0 fully saturated rings. The van der Waals surface area contributed by atoms with Crippen molar-refractivity contribution in [1.29, 1.82) is 0 Å². The van der Waals surface area contributed by atoms with Crippen LogP contribution in [0.15, 0.2) is 12.5 Å². The summed E-state index contributed by atoms with van der Waals surface area (Å²) in [5.41, 5.74) is 4.94. The Morgan fingerprint density at radius 3 is 2.77 bits per heavy atom. The molecule has 0 saturated carbocycles. The molecule has 0 unspecified atom stereocenters. The van der Waals surface area contributed by atoms with Crippen LogP contribution in [0, 0.1) is 0 Å². The van der Waals surface area contributed by atoms with Crippen LogP contribution in [-0.2, 0) is 10.3 Å². The zero-order valence-corrected chi connectivity index (χ0v) is 7.69. The molecule has 3 N–H and O–H groups in total. The molecule has 1 aromatic rings. The Bertz CT molecular complexity index is 317. The number of aromatic nitrogens is 2. The number of anilines is 1. The van der Waals surface area contributed by atoms with Crippen LogP contribution < -0.4 is 5.73 Å². The van der Waals surface area contributed by atoms with Crippen LogP contribution in [0.25, 0.3) is 0 Å². The van der Waals surface area contributed by atoms with Crippen molar-refractivity contribution in [2.24, 2.45) is 0 Å². The molecular formula is C8H13N3O2. The summed E-state index contributed by atoms with van der Waals surface area (Å²) in [5, 5.41) is 8.65. The molecule has 0 amide bonds. The van der Waals surface area contributed by atoms with E-state index in [2.05, 4.69) is 4.98 Å². The number of nitrogen functional groups attached to an aromatic ring is 1. The first-order valence-electron chi connectivity index (χ1n) is 3.93. The molecule has 0 atom stereocenters. The third-order valence-corrected chi connectivity index (χ3v) is 1.89. The Morgan fingerprint density at radius 2 is 2.38 bits per heavy atom. The number of carbonyl (C=O) groups is 1. The Morgan fingerprint density at radius 1 is 1.77 bits per heavy atom. The van der Waals surface area contributed by atoms with Crippen molar-refractivity contribution >= 4 is 11.8 Å². The first kappa shape index (κ1) is 9.57. The molecule has 1 aromatic heterocycles. The van der Waals surface area contributed by atoms with Gasteiger partial charge >= 0.3 is 5.97 Å². The van der Waals surface area contributed by atoms with Crippen LogP contribution in [0.5, 0.6) is 0 Å². The summed E-state index contributed by atoms with van der Waals surface area (Å²) in [6.45, 7) is 3.64. The number of nitrogens with zero attached hydrogens (tertiary/aromatic N) is 2. The fourth-order valence-corrected chi connectivity index (χ4v) is 1.13. The lowest BCUT2D eigenvalue weighted by Crippen LogP contribution is -2.28. The highest BCUT2D eigenvalue weighted by molar-refractivity contribution is 5.67. The fourth-order valence-electron chi connectivity index (χ4n) is 1.13. The van der Waals surface area contributed by atoms with E-state index in [0.717, 1.165) is 0 Å². The Hall–Kier alpha value is -1.52. The van der Waals surface area contributed by atoms with Gasteiger partial charge in [0, 0.05) is 6.20 Å². The Labute approximate surface area is 76.2 Å². The van der Waals surface area contributed by atoms with E-state index in [0.29, 0.717) is 5.82 Å². The molecule has 13 heavy (non-hydrogen) atoms. The molecule has 5 heteroatoms. The van der Waals surface area contributed by atoms with E-state index in [1.165, 1.54) is 6.33 Å². The van der Waals surface area contributed by atoms with Crippen LogP contribution in [0.1, 0.15) is 20.3 Å². The fraction of sp³-hybridized carbons (Fsp3) is 0.500. The first-order chi connectivity index (χ1) is 5.92. The van der Waals surface area contributed by atoms with Gasteiger partial charge in [-0.3, -0.25) is 4.79 Å². The molecule has 1 rings (SSSR count). The van der Waals surface area contributed by atoms with Gasteiger partial charge in [0.25, 0.3) is 0 Å². The van der Waals surface area contributed by atoms with Crippen LogP contribution in [0.3, 0.4) is 0 Å². The molecule has 0 aliphatic carbocycles. The van der Waals surface area contributed by atoms with Gasteiger partial charge in [-0.15, -0.1) is 0 Å². The molecule has 5 nitrogen and oxygen atoms in total. The Kier molecular flexibility index (Phi) is 2.27. The van der Waals surface area contributed by atoms with E-state index in [-0.39, 0.29) is 6.42 Å². The zero-order valence-electron chi connectivity index (χ0n) is 7.69. The van der Waals surface area contributed by atoms with Gasteiger partial charge in [0.15, 0.2) is 0 Å². The minimum atomic E-state index is -0.836. The van der Waals surface area contributed by atoms with Crippen molar-refractivity contribution in [3.8, 4) is 0 Å². The number of hydrogen-bond donors (Lipinski definition) is 2.